The van der Waals surface area contributed by atoms with Gasteiger partial charge in [-0.15, -0.1) is 0 Å². The SMILES string of the molecule is CCCCNc1cc(-c2ccccc2)nc2ccc(O)cc12. The number of pyridine rings is 1. The maximum Gasteiger partial charge on any atom is 0.116 e. The second kappa shape index (κ2) is 6.48. The molecule has 0 aliphatic rings. The lowest BCUT2D eigenvalue weighted by Gasteiger charge is -2.12. The molecular formula is C19H20N2O. The van der Waals surface area contributed by atoms with Crippen LogP contribution in [0.5, 0.6) is 5.75 Å². The molecule has 0 saturated carbocycles. The van der Waals surface area contributed by atoms with Crippen molar-refractivity contribution in [2.45, 2.75) is 19.8 Å². The van der Waals surface area contributed by atoms with Crippen molar-refractivity contribution < 1.29 is 5.11 Å². The number of phenolic OH excluding ortho intramolecular Hbond substituents is 1. The van der Waals surface area contributed by atoms with Gasteiger partial charge < -0.3 is 10.4 Å². The monoisotopic (exact) mass is 292 g/mol. The van der Waals surface area contributed by atoms with Crippen molar-refractivity contribution >= 4 is 16.6 Å². The summed E-state index contributed by atoms with van der Waals surface area (Å²) in [5.41, 5.74) is 3.94. The first-order chi connectivity index (χ1) is 10.8. The Balaban J connectivity index is 2.09. The normalized spacial score (nSPS) is 10.8. The number of benzene rings is 2. The standard InChI is InChI=1S/C19H20N2O/c1-2-3-11-20-19-13-18(14-7-5-4-6-8-14)21-17-10-9-15(22)12-16(17)19/h4-10,12-13,22H,2-3,11H2,1H3,(H,20,21). The molecule has 0 amide bonds. The fraction of sp³-hybridized carbons (Fsp3) is 0.211. The summed E-state index contributed by atoms with van der Waals surface area (Å²) >= 11 is 0. The highest BCUT2D eigenvalue weighted by molar-refractivity contribution is 5.94. The van der Waals surface area contributed by atoms with Gasteiger partial charge in [0.05, 0.1) is 11.2 Å². The minimum absolute atomic E-state index is 0.264. The number of hydrogen-bond acceptors (Lipinski definition) is 3. The Kier molecular flexibility index (Phi) is 4.24. The maximum atomic E-state index is 9.76. The van der Waals surface area contributed by atoms with Crippen molar-refractivity contribution in [2.24, 2.45) is 0 Å². The zero-order valence-corrected chi connectivity index (χ0v) is 12.7. The van der Waals surface area contributed by atoms with Crippen LogP contribution in [0.15, 0.2) is 54.6 Å². The summed E-state index contributed by atoms with van der Waals surface area (Å²) in [6.45, 7) is 3.09. The largest absolute Gasteiger partial charge is 0.508 e. The first-order valence-electron chi connectivity index (χ1n) is 7.71. The summed E-state index contributed by atoms with van der Waals surface area (Å²) in [4.78, 5) is 4.72. The molecule has 0 atom stereocenters. The summed E-state index contributed by atoms with van der Waals surface area (Å²) in [5.74, 6) is 0.264. The molecule has 0 fully saturated rings. The van der Waals surface area contributed by atoms with Crippen LogP contribution in [0.2, 0.25) is 0 Å². The Morgan fingerprint density at radius 3 is 2.64 bits per heavy atom. The highest BCUT2D eigenvalue weighted by Gasteiger charge is 2.08. The first kappa shape index (κ1) is 14.4. The predicted octanol–water partition coefficient (Wildman–Crippen LogP) is 4.82. The van der Waals surface area contributed by atoms with E-state index in [1.807, 2.05) is 24.3 Å². The molecule has 2 aromatic carbocycles. The second-order valence-electron chi connectivity index (χ2n) is 5.40. The van der Waals surface area contributed by atoms with Gasteiger partial charge in [0.2, 0.25) is 0 Å². The van der Waals surface area contributed by atoms with Crippen molar-refractivity contribution in [1.29, 1.82) is 0 Å². The molecule has 0 saturated heterocycles. The molecular weight excluding hydrogens is 272 g/mol. The van der Waals surface area contributed by atoms with Crippen molar-refractivity contribution in [1.82, 2.24) is 4.98 Å². The van der Waals surface area contributed by atoms with Crippen molar-refractivity contribution in [3.8, 4) is 17.0 Å². The van der Waals surface area contributed by atoms with E-state index in [9.17, 15) is 5.11 Å². The number of fused-ring (bicyclic) bond motifs is 1. The van der Waals surface area contributed by atoms with Crippen LogP contribution in [0.25, 0.3) is 22.2 Å². The average molecular weight is 292 g/mol. The molecule has 0 unspecified atom stereocenters. The predicted molar refractivity (Wildman–Crippen MR) is 92.2 cm³/mol. The summed E-state index contributed by atoms with van der Waals surface area (Å²) in [6.07, 6.45) is 2.26. The van der Waals surface area contributed by atoms with Crippen LogP contribution in [-0.4, -0.2) is 16.6 Å². The molecule has 0 radical (unpaired) electrons. The number of hydrogen-bond donors (Lipinski definition) is 2. The smallest absolute Gasteiger partial charge is 0.116 e. The highest BCUT2D eigenvalue weighted by Crippen LogP contribution is 2.30. The molecule has 1 heterocycles. The molecule has 3 heteroatoms. The Bertz CT molecular complexity index is 769. The third kappa shape index (κ3) is 3.03. The van der Waals surface area contributed by atoms with Crippen LogP contribution in [0, 0.1) is 0 Å². The molecule has 112 valence electrons. The van der Waals surface area contributed by atoms with E-state index in [0.717, 1.165) is 47.2 Å². The average Bonchev–Trinajstić information content (AvgIpc) is 2.56. The van der Waals surface area contributed by atoms with Crippen molar-refractivity contribution in [2.75, 3.05) is 11.9 Å². The Morgan fingerprint density at radius 1 is 1.05 bits per heavy atom. The van der Waals surface area contributed by atoms with Crippen molar-refractivity contribution in [3.63, 3.8) is 0 Å². The zero-order valence-electron chi connectivity index (χ0n) is 12.7. The third-order valence-corrected chi connectivity index (χ3v) is 3.71. The van der Waals surface area contributed by atoms with Crippen LogP contribution in [0.1, 0.15) is 19.8 Å². The lowest BCUT2D eigenvalue weighted by molar-refractivity contribution is 0.476. The number of phenols is 1. The molecule has 3 aromatic rings. The van der Waals surface area contributed by atoms with Crippen LogP contribution in [0.4, 0.5) is 5.69 Å². The molecule has 0 spiro atoms. The van der Waals surface area contributed by atoms with E-state index in [1.165, 1.54) is 0 Å². The van der Waals surface area contributed by atoms with Gasteiger partial charge in [0.15, 0.2) is 0 Å². The van der Waals surface area contributed by atoms with E-state index in [-0.39, 0.29) is 5.75 Å². The zero-order chi connectivity index (χ0) is 15.4. The van der Waals surface area contributed by atoms with E-state index >= 15 is 0 Å². The molecule has 1 aromatic heterocycles. The summed E-state index contributed by atoms with van der Waals surface area (Å²) in [5, 5.41) is 14.2. The summed E-state index contributed by atoms with van der Waals surface area (Å²) in [7, 11) is 0. The molecule has 2 N–H and O–H groups in total. The van der Waals surface area contributed by atoms with Gasteiger partial charge in [-0.2, -0.15) is 0 Å². The second-order valence-corrected chi connectivity index (χ2v) is 5.40. The highest BCUT2D eigenvalue weighted by atomic mass is 16.3. The maximum absolute atomic E-state index is 9.76. The number of nitrogens with one attached hydrogen (secondary N) is 1. The van der Waals surface area contributed by atoms with Gasteiger partial charge in [-0.1, -0.05) is 43.7 Å². The molecule has 3 nitrogen and oxygen atoms in total. The Morgan fingerprint density at radius 2 is 1.86 bits per heavy atom. The molecule has 0 aliphatic carbocycles. The van der Waals surface area contributed by atoms with Crippen LogP contribution < -0.4 is 5.32 Å². The molecule has 0 bridgehead atoms. The van der Waals surface area contributed by atoms with Crippen molar-refractivity contribution in [3.05, 3.63) is 54.6 Å². The van der Waals surface area contributed by atoms with Gasteiger partial charge in [0.25, 0.3) is 0 Å². The van der Waals surface area contributed by atoms with Gasteiger partial charge in [-0.3, -0.25) is 0 Å². The lowest BCUT2D eigenvalue weighted by Crippen LogP contribution is -2.02. The van der Waals surface area contributed by atoms with E-state index < -0.39 is 0 Å². The van der Waals surface area contributed by atoms with Crippen LogP contribution in [-0.2, 0) is 0 Å². The fourth-order valence-corrected chi connectivity index (χ4v) is 2.52. The Labute approximate surface area is 130 Å². The number of nitrogens with zero attached hydrogens (tertiary/aromatic N) is 1. The number of aromatic hydroxyl groups is 1. The quantitative estimate of drug-likeness (QED) is 0.663. The van der Waals surface area contributed by atoms with Gasteiger partial charge >= 0.3 is 0 Å². The van der Waals surface area contributed by atoms with Crippen LogP contribution in [0.3, 0.4) is 0 Å². The van der Waals surface area contributed by atoms with Gasteiger partial charge in [-0.25, -0.2) is 4.98 Å². The first-order valence-corrected chi connectivity index (χ1v) is 7.71. The molecule has 0 aliphatic heterocycles. The van der Waals surface area contributed by atoms with Gasteiger partial charge in [0, 0.05) is 23.2 Å². The molecule has 22 heavy (non-hydrogen) atoms. The molecule has 3 rings (SSSR count). The van der Waals surface area contributed by atoms with E-state index in [1.54, 1.807) is 12.1 Å². The third-order valence-electron chi connectivity index (χ3n) is 3.71. The topological polar surface area (TPSA) is 45.2 Å². The summed E-state index contributed by atoms with van der Waals surface area (Å²) in [6, 6.07) is 17.5. The number of rotatable bonds is 5. The minimum Gasteiger partial charge on any atom is -0.508 e. The summed E-state index contributed by atoms with van der Waals surface area (Å²) < 4.78 is 0. The number of aromatic nitrogens is 1. The van der Waals surface area contributed by atoms with E-state index in [4.69, 9.17) is 4.98 Å². The van der Waals surface area contributed by atoms with Gasteiger partial charge in [0.1, 0.15) is 5.75 Å². The fourth-order valence-electron chi connectivity index (χ4n) is 2.52. The Hall–Kier alpha value is -2.55. The lowest BCUT2D eigenvalue weighted by atomic mass is 10.1. The van der Waals surface area contributed by atoms with Gasteiger partial charge in [-0.05, 0) is 30.7 Å². The van der Waals surface area contributed by atoms with E-state index in [0.29, 0.717) is 0 Å². The van der Waals surface area contributed by atoms with E-state index in [2.05, 4.69) is 30.4 Å². The minimum atomic E-state index is 0.264. The number of anilines is 1. The number of unbranched alkanes of at least 4 members (excludes halogenated alkanes) is 1. The van der Waals surface area contributed by atoms with Crippen LogP contribution >= 0.6 is 0 Å².